The third kappa shape index (κ3) is 5.56. The molecule has 0 saturated carbocycles. The molecule has 0 fully saturated rings. The van der Waals surface area contributed by atoms with Gasteiger partial charge < -0.3 is 15.2 Å². The van der Waals surface area contributed by atoms with Crippen LogP contribution in [0.2, 0.25) is 0 Å². The van der Waals surface area contributed by atoms with E-state index in [4.69, 9.17) is 0 Å². The highest BCUT2D eigenvalue weighted by atomic mass is 19.1. The highest BCUT2D eigenvalue weighted by molar-refractivity contribution is 5.97. The van der Waals surface area contributed by atoms with Gasteiger partial charge in [-0.25, -0.2) is 9.37 Å². The fourth-order valence-corrected chi connectivity index (χ4v) is 3.69. The molecule has 2 amide bonds. The summed E-state index contributed by atoms with van der Waals surface area (Å²) in [7, 11) is 0. The lowest BCUT2D eigenvalue weighted by molar-refractivity contribution is -0.123. The average molecular weight is 457 g/mol. The van der Waals surface area contributed by atoms with Gasteiger partial charge in [-0.15, -0.1) is 0 Å². The Kier molecular flexibility index (Phi) is 7.13. The van der Waals surface area contributed by atoms with Gasteiger partial charge in [-0.1, -0.05) is 54.6 Å². The van der Waals surface area contributed by atoms with E-state index in [1.54, 1.807) is 60.3 Å². The monoisotopic (exact) mass is 456 g/mol. The van der Waals surface area contributed by atoms with E-state index in [-0.39, 0.29) is 18.4 Å². The molecule has 1 unspecified atom stereocenters. The van der Waals surface area contributed by atoms with Crippen LogP contribution in [-0.4, -0.2) is 27.4 Å². The van der Waals surface area contributed by atoms with E-state index < -0.39 is 11.9 Å². The summed E-state index contributed by atoms with van der Waals surface area (Å²) < 4.78 is 16.4. The van der Waals surface area contributed by atoms with Crippen molar-refractivity contribution in [2.45, 2.75) is 25.9 Å². The quantitative estimate of drug-likeness (QED) is 0.421. The number of rotatable bonds is 8. The first-order valence-electron chi connectivity index (χ1n) is 11.0. The summed E-state index contributed by atoms with van der Waals surface area (Å²) in [5.41, 5.74) is 2.39. The van der Waals surface area contributed by atoms with Crippen molar-refractivity contribution in [2.24, 2.45) is 0 Å². The van der Waals surface area contributed by atoms with E-state index in [9.17, 15) is 14.0 Å². The van der Waals surface area contributed by atoms with Crippen molar-refractivity contribution in [1.29, 1.82) is 0 Å². The Hall–Kier alpha value is -4.26. The largest absolute Gasteiger partial charge is 0.350 e. The average Bonchev–Trinajstić information content (AvgIpc) is 3.28. The van der Waals surface area contributed by atoms with E-state index in [1.807, 2.05) is 36.4 Å². The smallest absolute Gasteiger partial charge is 0.251 e. The molecule has 34 heavy (non-hydrogen) atoms. The lowest BCUT2D eigenvalue weighted by Gasteiger charge is -2.19. The van der Waals surface area contributed by atoms with Crippen LogP contribution in [0.1, 0.15) is 27.3 Å². The van der Waals surface area contributed by atoms with Crippen LogP contribution < -0.4 is 10.6 Å². The van der Waals surface area contributed by atoms with Crippen LogP contribution in [0.5, 0.6) is 0 Å². The third-order valence-electron chi connectivity index (χ3n) is 5.50. The number of benzene rings is 3. The number of carbonyl (C=O) groups excluding carboxylic acids is 2. The van der Waals surface area contributed by atoms with E-state index in [0.717, 1.165) is 5.56 Å². The topological polar surface area (TPSA) is 76.0 Å². The summed E-state index contributed by atoms with van der Waals surface area (Å²) in [5, 5.41) is 5.66. The van der Waals surface area contributed by atoms with Crippen molar-refractivity contribution in [1.82, 2.24) is 20.2 Å². The van der Waals surface area contributed by atoms with E-state index in [1.165, 1.54) is 6.07 Å². The summed E-state index contributed by atoms with van der Waals surface area (Å²) in [6.45, 7) is 1.93. The van der Waals surface area contributed by atoms with E-state index in [0.29, 0.717) is 29.1 Å². The molecule has 1 aromatic heterocycles. The molecule has 7 heteroatoms. The SMILES string of the molecule is Cc1nccn1-c1ccc(CNC(=O)C(Cc2ccccc2)NC(=O)c2ccccc2)cc1F. The highest BCUT2D eigenvalue weighted by Gasteiger charge is 2.22. The van der Waals surface area contributed by atoms with Crippen molar-refractivity contribution in [3.05, 3.63) is 120 Å². The zero-order valence-corrected chi connectivity index (χ0v) is 18.7. The first kappa shape index (κ1) is 22.9. The fraction of sp³-hybridized carbons (Fsp3) is 0.148. The molecule has 0 radical (unpaired) electrons. The summed E-state index contributed by atoms with van der Waals surface area (Å²) in [5.74, 6) is -0.408. The summed E-state index contributed by atoms with van der Waals surface area (Å²) in [6.07, 6.45) is 3.64. The molecule has 2 N–H and O–H groups in total. The van der Waals surface area contributed by atoms with Crippen LogP contribution in [0, 0.1) is 12.7 Å². The summed E-state index contributed by atoms with van der Waals surface area (Å²) >= 11 is 0. The fourth-order valence-electron chi connectivity index (χ4n) is 3.69. The number of amides is 2. The maximum Gasteiger partial charge on any atom is 0.251 e. The van der Waals surface area contributed by atoms with Crippen LogP contribution in [0.25, 0.3) is 5.69 Å². The van der Waals surface area contributed by atoms with Crippen LogP contribution in [0.15, 0.2) is 91.3 Å². The maximum absolute atomic E-state index is 14.7. The zero-order valence-electron chi connectivity index (χ0n) is 18.7. The minimum absolute atomic E-state index is 0.130. The minimum Gasteiger partial charge on any atom is -0.350 e. The Morgan fingerprint density at radius 3 is 2.32 bits per heavy atom. The summed E-state index contributed by atoms with van der Waals surface area (Å²) in [4.78, 5) is 29.9. The lowest BCUT2D eigenvalue weighted by atomic mass is 10.0. The number of halogens is 1. The lowest BCUT2D eigenvalue weighted by Crippen LogP contribution is -2.47. The van der Waals surface area contributed by atoms with Gasteiger partial charge in [0.05, 0.1) is 5.69 Å². The molecule has 4 rings (SSSR count). The number of aromatic nitrogens is 2. The predicted molar refractivity (Wildman–Crippen MR) is 128 cm³/mol. The van der Waals surface area contributed by atoms with Crippen molar-refractivity contribution in [2.75, 3.05) is 0 Å². The molecule has 0 aliphatic carbocycles. The standard InChI is InChI=1S/C27H25FN4O2/c1-19-29-14-15-32(19)25-13-12-21(16-23(25)28)18-30-27(34)24(17-20-8-4-2-5-9-20)31-26(33)22-10-6-3-7-11-22/h2-16,24H,17-18H2,1H3,(H,30,34)(H,31,33). The Labute approximate surface area is 197 Å². The molecular formula is C27H25FN4O2. The molecule has 3 aromatic carbocycles. The van der Waals surface area contributed by atoms with Crippen molar-refractivity contribution in [3.8, 4) is 5.69 Å². The van der Waals surface area contributed by atoms with Gasteiger partial charge in [-0.05, 0) is 42.3 Å². The van der Waals surface area contributed by atoms with Crippen LogP contribution in [-0.2, 0) is 17.8 Å². The van der Waals surface area contributed by atoms with Gasteiger partial charge in [-0.3, -0.25) is 9.59 Å². The van der Waals surface area contributed by atoms with Crippen LogP contribution >= 0.6 is 0 Å². The van der Waals surface area contributed by atoms with E-state index in [2.05, 4.69) is 15.6 Å². The molecule has 0 aliphatic heterocycles. The maximum atomic E-state index is 14.7. The number of carbonyl (C=O) groups is 2. The Morgan fingerprint density at radius 1 is 0.971 bits per heavy atom. The van der Waals surface area contributed by atoms with Crippen LogP contribution in [0.3, 0.4) is 0 Å². The van der Waals surface area contributed by atoms with Crippen molar-refractivity contribution in [3.63, 3.8) is 0 Å². The molecular weight excluding hydrogens is 431 g/mol. The predicted octanol–water partition coefficient (Wildman–Crippen LogP) is 3.98. The second kappa shape index (κ2) is 10.6. The first-order chi connectivity index (χ1) is 16.5. The van der Waals surface area contributed by atoms with Gasteiger partial charge in [0.2, 0.25) is 5.91 Å². The highest BCUT2D eigenvalue weighted by Crippen LogP contribution is 2.17. The van der Waals surface area contributed by atoms with Crippen LogP contribution in [0.4, 0.5) is 4.39 Å². The molecule has 172 valence electrons. The van der Waals surface area contributed by atoms with Gasteiger partial charge in [0.1, 0.15) is 17.7 Å². The second-order valence-electron chi connectivity index (χ2n) is 7.93. The number of nitrogens with one attached hydrogen (secondary N) is 2. The molecule has 0 saturated heterocycles. The number of nitrogens with zero attached hydrogens (tertiary/aromatic N) is 2. The van der Waals surface area contributed by atoms with Gasteiger partial charge >= 0.3 is 0 Å². The molecule has 1 atom stereocenters. The Morgan fingerprint density at radius 2 is 1.68 bits per heavy atom. The number of imidazole rings is 1. The molecule has 6 nitrogen and oxygen atoms in total. The zero-order chi connectivity index (χ0) is 23.9. The molecule has 4 aromatic rings. The van der Waals surface area contributed by atoms with Crippen molar-refractivity contribution < 1.29 is 14.0 Å². The van der Waals surface area contributed by atoms with Gasteiger partial charge in [0, 0.05) is 30.9 Å². The molecule has 1 heterocycles. The van der Waals surface area contributed by atoms with Gasteiger partial charge in [-0.2, -0.15) is 0 Å². The molecule has 0 spiro atoms. The molecule has 0 aliphatic rings. The normalized spacial score (nSPS) is 11.6. The first-order valence-corrected chi connectivity index (χ1v) is 11.0. The second-order valence-corrected chi connectivity index (χ2v) is 7.93. The van der Waals surface area contributed by atoms with Gasteiger partial charge in [0.15, 0.2) is 0 Å². The number of hydrogen-bond acceptors (Lipinski definition) is 3. The van der Waals surface area contributed by atoms with E-state index >= 15 is 0 Å². The molecule has 0 bridgehead atoms. The Balaban J connectivity index is 1.46. The van der Waals surface area contributed by atoms with Crippen molar-refractivity contribution >= 4 is 11.8 Å². The Bertz CT molecular complexity index is 1270. The summed E-state index contributed by atoms with van der Waals surface area (Å²) in [6, 6.07) is 22.2. The minimum atomic E-state index is -0.784. The van der Waals surface area contributed by atoms with Gasteiger partial charge in [0.25, 0.3) is 5.91 Å². The number of aryl methyl sites for hydroxylation is 1. The third-order valence-corrected chi connectivity index (χ3v) is 5.50. The number of hydrogen-bond donors (Lipinski definition) is 2.